The van der Waals surface area contributed by atoms with Gasteiger partial charge in [0.15, 0.2) is 11.5 Å². The molecular weight excluding hydrogens is 316 g/mol. The molecule has 132 valence electrons. The third kappa shape index (κ3) is 3.01. The Hall–Kier alpha value is -1.99. The second-order valence-electron chi connectivity index (χ2n) is 6.19. The summed E-state index contributed by atoms with van der Waals surface area (Å²) < 4.78 is 16.9. The smallest absolute Gasteiger partial charge is 0.339 e. The zero-order chi connectivity index (χ0) is 17.3. The molecule has 2 aliphatic heterocycles. The van der Waals surface area contributed by atoms with E-state index in [-0.39, 0.29) is 17.2 Å². The number of unbranched alkanes of at least 4 members (excludes halogenated alkanes) is 2. The lowest BCUT2D eigenvalue weighted by atomic mass is 9.89. The quantitative estimate of drug-likeness (QED) is 0.430. The molecule has 1 aromatic rings. The van der Waals surface area contributed by atoms with Crippen molar-refractivity contribution in [3.05, 3.63) is 17.2 Å². The van der Waals surface area contributed by atoms with E-state index in [1.165, 1.54) is 0 Å². The Kier molecular flexibility index (Phi) is 4.82. The number of phenolic OH excluding ortho intramolecular Hbond substituents is 3. The van der Waals surface area contributed by atoms with Crippen LogP contribution in [0.1, 0.15) is 54.6 Å². The van der Waals surface area contributed by atoms with E-state index in [4.69, 9.17) is 14.2 Å². The van der Waals surface area contributed by atoms with Gasteiger partial charge in [-0.15, -0.1) is 0 Å². The minimum atomic E-state index is -0.681. The number of carbonyl (C=O) groups excluding carboxylic acids is 1. The topological polar surface area (TPSA) is 105 Å². The fourth-order valence-electron chi connectivity index (χ4n) is 3.18. The maximum absolute atomic E-state index is 12.1. The van der Waals surface area contributed by atoms with Gasteiger partial charge in [-0.2, -0.15) is 0 Å². The zero-order valence-electron chi connectivity index (χ0n) is 13.5. The van der Waals surface area contributed by atoms with Crippen LogP contribution in [0.15, 0.2) is 6.07 Å². The number of rotatable bonds is 5. The Morgan fingerprint density at radius 2 is 2.04 bits per heavy atom. The SMILES string of the molecule is CCCCCO[C@@H]1COC2c3c(cc(O)c(O)c3O)C(=O)OC2C1. The number of hydrogen-bond donors (Lipinski definition) is 3. The Morgan fingerprint density at radius 1 is 1.25 bits per heavy atom. The Morgan fingerprint density at radius 3 is 2.79 bits per heavy atom. The summed E-state index contributed by atoms with van der Waals surface area (Å²) in [6.07, 6.45) is 2.19. The first-order valence-corrected chi connectivity index (χ1v) is 8.24. The number of phenols is 3. The van der Waals surface area contributed by atoms with Crippen molar-refractivity contribution >= 4 is 5.97 Å². The van der Waals surface area contributed by atoms with Crippen LogP contribution in [0.25, 0.3) is 0 Å². The first-order valence-electron chi connectivity index (χ1n) is 8.24. The van der Waals surface area contributed by atoms with Crippen LogP contribution in [0.3, 0.4) is 0 Å². The number of carbonyl (C=O) groups is 1. The summed E-state index contributed by atoms with van der Waals surface area (Å²) in [5.74, 6) is -2.44. The second kappa shape index (κ2) is 6.86. The van der Waals surface area contributed by atoms with E-state index < -0.39 is 35.4 Å². The van der Waals surface area contributed by atoms with Gasteiger partial charge in [0.1, 0.15) is 12.2 Å². The van der Waals surface area contributed by atoms with Gasteiger partial charge in [0.2, 0.25) is 5.75 Å². The molecule has 3 atom stereocenters. The Balaban J connectivity index is 1.76. The molecule has 24 heavy (non-hydrogen) atoms. The van der Waals surface area contributed by atoms with Crippen molar-refractivity contribution in [1.29, 1.82) is 0 Å². The number of esters is 1. The largest absolute Gasteiger partial charge is 0.504 e. The minimum absolute atomic E-state index is 0.00589. The molecule has 3 rings (SSSR count). The molecule has 7 nitrogen and oxygen atoms in total. The van der Waals surface area contributed by atoms with Gasteiger partial charge in [-0.05, 0) is 12.5 Å². The van der Waals surface area contributed by atoms with E-state index in [0.717, 1.165) is 25.3 Å². The fraction of sp³-hybridized carbons (Fsp3) is 0.588. The molecule has 0 amide bonds. The third-order valence-corrected chi connectivity index (χ3v) is 4.45. The fourth-order valence-corrected chi connectivity index (χ4v) is 3.18. The Bertz CT molecular complexity index is 628. The van der Waals surface area contributed by atoms with Gasteiger partial charge in [0, 0.05) is 18.6 Å². The van der Waals surface area contributed by atoms with Gasteiger partial charge >= 0.3 is 5.97 Å². The lowest BCUT2D eigenvalue weighted by Gasteiger charge is -2.39. The normalized spacial score (nSPS) is 25.7. The van der Waals surface area contributed by atoms with Gasteiger partial charge < -0.3 is 29.5 Å². The summed E-state index contributed by atoms with van der Waals surface area (Å²) in [5.41, 5.74) is 0.169. The highest BCUT2D eigenvalue weighted by Crippen LogP contribution is 2.48. The summed E-state index contributed by atoms with van der Waals surface area (Å²) in [7, 11) is 0. The summed E-state index contributed by atoms with van der Waals surface area (Å²) in [4.78, 5) is 12.1. The van der Waals surface area contributed by atoms with Crippen molar-refractivity contribution in [2.24, 2.45) is 0 Å². The highest BCUT2D eigenvalue weighted by atomic mass is 16.6. The maximum Gasteiger partial charge on any atom is 0.339 e. The number of hydrogen-bond acceptors (Lipinski definition) is 7. The number of benzene rings is 1. The average Bonchev–Trinajstić information content (AvgIpc) is 2.57. The van der Waals surface area contributed by atoms with Crippen molar-refractivity contribution in [2.45, 2.75) is 50.9 Å². The molecule has 1 aromatic carbocycles. The molecule has 2 unspecified atom stereocenters. The molecule has 2 aliphatic rings. The maximum atomic E-state index is 12.1. The van der Waals surface area contributed by atoms with E-state index in [2.05, 4.69) is 6.92 Å². The summed E-state index contributed by atoms with van der Waals surface area (Å²) in [6.45, 7) is 3.06. The van der Waals surface area contributed by atoms with E-state index in [0.29, 0.717) is 19.6 Å². The lowest BCUT2D eigenvalue weighted by Crippen LogP contribution is -2.43. The van der Waals surface area contributed by atoms with Crippen molar-refractivity contribution in [3.63, 3.8) is 0 Å². The first kappa shape index (κ1) is 16.9. The molecule has 7 heteroatoms. The molecule has 0 saturated carbocycles. The van der Waals surface area contributed by atoms with E-state index >= 15 is 0 Å². The minimum Gasteiger partial charge on any atom is -0.504 e. The van der Waals surface area contributed by atoms with Crippen LogP contribution in [-0.2, 0) is 14.2 Å². The van der Waals surface area contributed by atoms with Crippen molar-refractivity contribution in [2.75, 3.05) is 13.2 Å². The molecule has 0 aromatic heterocycles. The predicted molar refractivity (Wildman–Crippen MR) is 83.2 cm³/mol. The number of aromatic hydroxyl groups is 3. The van der Waals surface area contributed by atoms with Gasteiger partial charge in [-0.1, -0.05) is 19.8 Å². The van der Waals surface area contributed by atoms with Crippen LogP contribution in [0.4, 0.5) is 0 Å². The number of fused-ring (bicyclic) bond motifs is 3. The van der Waals surface area contributed by atoms with Gasteiger partial charge in [-0.25, -0.2) is 4.79 Å². The van der Waals surface area contributed by atoms with Crippen LogP contribution < -0.4 is 0 Å². The van der Waals surface area contributed by atoms with Crippen LogP contribution >= 0.6 is 0 Å². The van der Waals surface area contributed by atoms with Crippen molar-refractivity contribution < 1.29 is 34.3 Å². The monoisotopic (exact) mass is 338 g/mol. The zero-order valence-corrected chi connectivity index (χ0v) is 13.5. The molecule has 0 aliphatic carbocycles. The van der Waals surface area contributed by atoms with Crippen LogP contribution in [0.5, 0.6) is 17.2 Å². The van der Waals surface area contributed by atoms with Crippen molar-refractivity contribution in [3.8, 4) is 17.2 Å². The molecule has 3 N–H and O–H groups in total. The Labute approximate surface area is 139 Å². The molecule has 0 bridgehead atoms. The first-order chi connectivity index (χ1) is 11.5. The van der Waals surface area contributed by atoms with Crippen molar-refractivity contribution in [1.82, 2.24) is 0 Å². The predicted octanol–water partition coefficient (Wildman–Crippen LogP) is 2.38. The molecule has 1 fully saturated rings. The van der Waals surface area contributed by atoms with Crippen LogP contribution in [-0.4, -0.2) is 46.7 Å². The van der Waals surface area contributed by atoms with E-state index in [9.17, 15) is 20.1 Å². The second-order valence-corrected chi connectivity index (χ2v) is 6.19. The van der Waals surface area contributed by atoms with Gasteiger partial charge in [0.05, 0.1) is 18.3 Å². The molecule has 1 saturated heterocycles. The highest BCUT2D eigenvalue weighted by molar-refractivity contribution is 5.94. The molecule has 2 heterocycles. The van der Waals surface area contributed by atoms with Gasteiger partial charge in [0.25, 0.3) is 0 Å². The van der Waals surface area contributed by atoms with E-state index in [1.807, 2.05) is 0 Å². The average molecular weight is 338 g/mol. The summed E-state index contributed by atoms with van der Waals surface area (Å²) in [5, 5.41) is 29.4. The highest BCUT2D eigenvalue weighted by Gasteiger charge is 2.44. The summed E-state index contributed by atoms with van der Waals surface area (Å²) in [6, 6.07) is 1.08. The third-order valence-electron chi connectivity index (χ3n) is 4.45. The number of ether oxygens (including phenoxy) is 3. The van der Waals surface area contributed by atoms with Crippen LogP contribution in [0, 0.1) is 0 Å². The molecule has 0 spiro atoms. The molecular formula is C17H22O7. The standard InChI is InChI=1S/C17H22O7/c1-2-3-4-5-22-9-6-12-16(23-8-9)13-10(17(21)24-12)7-11(18)14(19)15(13)20/h7,9,12,16,18-20H,2-6,8H2,1H3/t9-,12?,16?/m0/s1. The van der Waals surface area contributed by atoms with Crippen LogP contribution in [0.2, 0.25) is 0 Å². The molecule has 0 radical (unpaired) electrons. The van der Waals surface area contributed by atoms with Gasteiger partial charge in [-0.3, -0.25) is 0 Å². The van der Waals surface area contributed by atoms with E-state index in [1.54, 1.807) is 0 Å². The lowest BCUT2D eigenvalue weighted by molar-refractivity contribution is -0.151. The summed E-state index contributed by atoms with van der Waals surface area (Å²) >= 11 is 0.